The van der Waals surface area contributed by atoms with Crippen LogP contribution in [0, 0.1) is 11.3 Å². The van der Waals surface area contributed by atoms with Crippen LogP contribution in [0.4, 0.5) is 0 Å². The first-order valence-electron chi connectivity index (χ1n) is 1.63. The second kappa shape index (κ2) is 2.50. The molecule has 1 atom stereocenters. The summed E-state index contributed by atoms with van der Waals surface area (Å²) in [7, 11) is 0. The molecule has 0 radical (unpaired) electrons. The molecule has 0 bridgehead atoms. The molecule has 3 nitrogen and oxygen atoms in total. The van der Waals surface area contributed by atoms with E-state index in [4.69, 9.17) is 16.7 Å². The highest BCUT2D eigenvalue weighted by molar-refractivity contribution is 7.80. The number of nitrogens with zero attached hydrogens (tertiary/aromatic N) is 1. The van der Waals surface area contributed by atoms with Crippen molar-refractivity contribution in [2.24, 2.45) is 11.5 Å². The molecule has 4 heteroatoms. The molecule has 0 aliphatic rings. The fraction of sp³-hybridized carbons (Fsp3) is 0.333. The Bertz CT molecular complexity index is 114. The van der Waals surface area contributed by atoms with Crippen LogP contribution in [0.25, 0.3) is 0 Å². The Kier molecular flexibility index (Phi) is 2.27. The first-order valence-corrected chi connectivity index (χ1v) is 2.04. The smallest absolute Gasteiger partial charge is 0.143 e. The number of rotatable bonds is 1. The first-order chi connectivity index (χ1) is 3.18. The Labute approximate surface area is 46.9 Å². The molecule has 4 N–H and O–H groups in total. The third-order valence-corrected chi connectivity index (χ3v) is 0.700. The predicted octanol–water partition coefficient (Wildman–Crippen LogP) is -0.877. The Balaban J connectivity index is 3.63. The maximum Gasteiger partial charge on any atom is 0.143 e. The summed E-state index contributed by atoms with van der Waals surface area (Å²) in [5, 5.41) is 7.96. The highest BCUT2D eigenvalue weighted by Gasteiger charge is 1.98. The molecular weight excluding hydrogens is 110 g/mol. The molecule has 0 aliphatic carbocycles. The number of nitriles is 1. The van der Waals surface area contributed by atoms with Crippen molar-refractivity contribution in [1.82, 2.24) is 0 Å². The molecule has 0 aromatic carbocycles. The maximum absolute atomic E-state index is 7.96. The Morgan fingerprint density at radius 3 is 2.29 bits per heavy atom. The topological polar surface area (TPSA) is 75.8 Å². The number of nitrogens with two attached hydrogens (primary N) is 2. The Hall–Kier alpha value is -0.660. The van der Waals surface area contributed by atoms with Crippen LogP contribution in [0.15, 0.2) is 0 Å². The first kappa shape index (κ1) is 6.34. The molecule has 0 unspecified atom stereocenters. The Morgan fingerprint density at radius 2 is 2.29 bits per heavy atom. The lowest BCUT2D eigenvalue weighted by molar-refractivity contribution is 1.10. The molecule has 0 heterocycles. The predicted molar refractivity (Wildman–Crippen MR) is 30.4 cm³/mol. The summed E-state index contributed by atoms with van der Waals surface area (Å²) in [6.07, 6.45) is 0. The molecule has 0 saturated carbocycles. The van der Waals surface area contributed by atoms with Gasteiger partial charge in [-0.1, -0.05) is 12.2 Å². The van der Waals surface area contributed by atoms with Gasteiger partial charge < -0.3 is 11.5 Å². The molecule has 0 saturated heterocycles. The van der Waals surface area contributed by atoms with E-state index >= 15 is 0 Å². The molecule has 0 rings (SSSR count). The zero-order chi connectivity index (χ0) is 5.86. The van der Waals surface area contributed by atoms with Gasteiger partial charge in [-0.15, -0.1) is 0 Å². The lowest BCUT2D eigenvalue weighted by Crippen LogP contribution is -2.32. The summed E-state index contributed by atoms with van der Waals surface area (Å²) in [6.45, 7) is 0. The zero-order valence-corrected chi connectivity index (χ0v) is 4.40. The molecule has 0 amide bonds. The third kappa shape index (κ3) is 2.09. The minimum Gasteiger partial charge on any atom is -0.391 e. The highest BCUT2D eigenvalue weighted by Crippen LogP contribution is 1.71. The van der Waals surface area contributed by atoms with E-state index in [2.05, 4.69) is 12.2 Å². The molecule has 0 aromatic heterocycles. The van der Waals surface area contributed by atoms with Crippen molar-refractivity contribution in [3.05, 3.63) is 0 Å². The average molecular weight is 115 g/mol. The molecular formula is C3H5N3S. The van der Waals surface area contributed by atoms with Crippen molar-refractivity contribution in [2.45, 2.75) is 6.04 Å². The van der Waals surface area contributed by atoms with Crippen LogP contribution in [0.1, 0.15) is 0 Å². The summed E-state index contributed by atoms with van der Waals surface area (Å²) in [5.74, 6) is 0. The van der Waals surface area contributed by atoms with Gasteiger partial charge in [0.05, 0.1) is 6.07 Å². The van der Waals surface area contributed by atoms with Crippen LogP contribution in [-0.4, -0.2) is 11.0 Å². The monoisotopic (exact) mass is 115 g/mol. The van der Waals surface area contributed by atoms with Gasteiger partial charge in [0.1, 0.15) is 11.0 Å². The van der Waals surface area contributed by atoms with E-state index in [-0.39, 0.29) is 4.99 Å². The summed E-state index contributed by atoms with van der Waals surface area (Å²) in [6, 6.07) is 0.894. The normalized spacial score (nSPS) is 12.0. The second-order valence-corrected chi connectivity index (χ2v) is 1.48. The molecule has 0 fully saturated rings. The summed E-state index contributed by atoms with van der Waals surface area (Å²) in [4.78, 5) is 0.0440. The van der Waals surface area contributed by atoms with Gasteiger partial charge in [-0.25, -0.2) is 0 Å². The van der Waals surface area contributed by atoms with Crippen molar-refractivity contribution in [3.63, 3.8) is 0 Å². The fourth-order valence-corrected chi connectivity index (χ4v) is 0.116. The van der Waals surface area contributed by atoms with E-state index in [1.807, 2.05) is 0 Å². The molecule has 38 valence electrons. The van der Waals surface area contributed by atoms with Crippen LogP contribution in [0.3, 0.4) is 0 Å². The van der Waals surface area contributed by atoms with Gasteiger partial charge in [0.25, 0.3) is 0 Å². The Morgan fingerprint density at radius 1 is 1.86 bits per heavy atom. The van der Waals surface area contributed by atoms with Crippen LogP contribution in [0.5, 0.6) is 0 Å². The van der Waals surface area contributed by atoms with Crippen LogP contribution in [-0.2, 0) is 0 Å². The van der Waals surface area contributed by atoms with Gasteiger partial charge >= 0.3 is 0 Å². The van der Waals surface area contributed by atoms with Crippen LogP contribution < -0.4 is 11.5 Å². The van der Waals surface area contributed by atoms with E-state index in [1.165, 1.54) is 0 Å². The zero-order valence-electron chi connectivity index (χ0n) is 3.59. The van der Waals surface area contributed by atoms with E-state index in [0.717, 1.165) is 0 Å². The molecule has 7 heavy (non-hydrogen) atoms. The van der Waals surface area contributed by atoms with E-state index in [1.54, 1.807) is 6.07 Å². The van der Waals surface area contributed by atoms with Gasteiger partial charge in [-0.3, -0.25) is 0 Å². The summed E-state index contributed by atoms with van der Waals surface area (Å²) in [5.41, 5.74) is 9.92. The average Bonchev–Trinajstić information content (AvgIpc) is 1.65. The fourth-order valence-electron chi connectivity index (χ4n) is 0.0636. The van der Waals surface area contributed by atoms with Crippen molar-refractivity contribution in [2.75, 3.05) is 0 Å². The summed E-state index contributed by atoms with van der Waals surface area (Å²) >= 11 is 4.35. The lowest BCUT2D eigenvalue weighted by Gasteiger charge is -1.92. The molecule has 0 spiro atoms. The van der Waals surface area contributed by atoms with Crippen molar-refractivity contribution in [1.29, 1.82) is 5.26 Å². The van der Waals surface area contributed by atoms with Gasteiger partial charge in [0, 0.05) is 0 Å². The van der Waals surface area contributed by atoms with E-state index < -0.39 is 6.04 Å². The minimum absolute atomic E-state index is 0.0440. The quantitative estimate of drug-likeness (QED) is 0.435. The van der Waals surface area contributed by atoms with Gasteiger partial charge in [-0.2, -0.15) is 5.26 Å². The number of hydrogen-bond donors (Lipinski definition) is 2. The van der Waals surface area contributed by atoms with Gasteiger partial charge in [0.15, 0.2) is 0 Å². The van der Waals surface area contributed by atoms with Gasteiger partial charge in [0.2, 0.25) is 0 Å². The highest BCUT2D eigenvalue weighted by atomic mass is 32.1. The van der Waals surface area contributed by atoms with E-state index in [9.17, 15) is 0 Å². The lowest BCUT2D eigenvalue weighted by atomic mass is 10.4. The molecule has 0 aliphatic heterocycles. The molecule has 0 aromatic rings. The summed E-state index contributed by atoms with van der Waals surface area (Å²) < 4.78 is 0. The standard InChI is InChI=1S/C3H5N3S/c4-1-2(5)3(6)7/h2H,5H2,(H2,6,7)/t2-/m1/s1. The van der Waals surface area contributed by atoms with Crippen molar-refractivity contribution >= 4 is 17.2 Å². The van der Waals surface area contributed by atoms with Crippen molar-refractivity contribution < 1.29 is 0 Å². The minimum atomic E-state index is -0.782. The van der Waals surface area contributed by atoms with Crippen LogP contribution in [0.2, 0.25) is 0 Å². The van der Waals surface area contributed by atoms with Crippen LogP contribution >= 0.6 is 12.2 Å². The second-order valence-electron chi connectivity index (χ2n) is 1.01. The van der Waals surface area contributed by atoms with Gasteiger partial charge in [-0.05, 0) is 0 Å². The SMILES string of the molecule is N#C[C@@H](N)C(N)=S. The largest absolute Gasteiger partial charge is 0.391 e. The number of hydrogen-bond acceptors (Lipinski definition) is 3. The van der Waals surface area contributed by atoms with E-state index in [0.29, 0.717) is 0 Å². The maximum atomic E-state index is 7.96. The third-order valence-electron chi connectivity index (χ3n) is 0.446. The number of thiocarbonyl (C=S) groups is 1. The van der Waals surface area contributed by atoms with Crippen molar-refractivity contribution in [3.8, 4) is 6.07 Å².